The topological polar surface area (TPSA) is 37.0 Å². The first kappa shape index (κ1) is 11.1. The molecule has 0 aliphatic carbocycles. The van der Waals surface area contributed by atoms with Crippen LogP contribution in [-0.4, -0.2) is 12.1 Å². The summed E-state index contributed by atoms with van der Waals surface area (Å²) in [5.74, 6) is 0.840. The molecule has 0 unspecified atom stereocenters. The quantitative estimate of drug-likeness (QED) is 0.901. The fourth-order valence-corrected chi connectivity index (χ4v) is 1.99. The zero-order valence-corrected chi connectivity index (χ0v) is 10.5. The molecule has 0 amide bonds. The van der Waals surface area contributed by atoms with Crippen molar-refractivity contribution in [2.45, 2.75) is 6.54 Å². The summed E-state index contributed by atoms with van der Waals surface area (Å²) in [6.45, 7) is 0.808. The molecule has 2 N–H and O–H groups in total. The van der Waals surface area contributed by atoms with Gasteiger partial charge in [-0.25, -0.2) is 0 Å². The zero-order valence-electron chi connectivity index (χ0n) is 8.96. The first-order chi connectivity index (χ1) is 7.79. The average Bonchev–Trinajstić information content (AvgIpc) is 2.79. The molecule has 1 heterocycles. The third kappa shape index (κ3) is 2.58. The van der Waals surface area contributed by atoms with E-state index in [9.17, 15) is 0 Å². The Bertz CT molecular complexity index is 454. The molecule has 0 bridgehead atoms. The van der Waals surface area contributed by atoms with Crippen LogP contribution >= 0.6 is 15.9 Å². The number of benzene rings is 1. The number of aromatic nitrogens is 1. The minimum absolute atomic E-state index is 0.808. The Kier molecular flexibility index (Phi) is 3.51. The van der Waals surface area contributed by atoms with E-state index < -0.39 is 0 Å². The van der Waals surface area contributed by atoms with Crippen LogP contribution in [0, 0.1) is 0 Å². The summed E-state index contributed by atoms with van der Waals surface area (Å²) in [5.41, 5.74) is 2.29. The Morgan fingerprint density at radius 3 is 2.88 bits per heavy atom. The van der Waals surface area contributed by atoms with E-state index in [1.54, 1.807) is 7.11 Å². The van der Waals surface area contributed by atoms with Crippen LogP contribution in [0.1, 0.15) is 5.56 Å². The number of halogens is 1. The van der Waals surface area contributed by atoms with E-state index in [-0.39, 0.29) is 0 Å². The van der Waals surface area contributed by atoms with Crippen molar-refractivity contribution in [2.75, 3.05) is 12.4 Å². The lowest BCUT2D eigenvalue weighted by Crippen LogP contribution is -1.98. The number of anilines is 1. The lowest BCUT2D eigenvalue weighted by molar-refractivity contribution is 0.412. The smallest absolute Gasteiger partial charge is 0.133 e. The average molecular weight is 281 g/mol. The standard InChI is InChI=1S/C12H13BrN2O/c1-16-12-3-2-10(6-11(12)13)15-8-9-4-5-14-7-9/h2-7,14-15H,8H2,1H3. The van der Waals surface area contributed by atoms with Gasteiger partial charge in [0.1, 0.15) is 5.75 Å². The zero-order chi connectivity index (χ0) is 11.4. The van der Waals surface area contributed by atoms with Crippen LogP contribution < -0.4 is 10.1 Å². The van der Waals surface area contributed by atoms with Gasteiger partial charge in [0.15, 0.2) is 0 Å². The van der Waals surface area contributed by atoms with Crippen molar-refractivity contribution in [3.8, 4) is 5.75 Å². The highest BCUT2D eigenvalue weighted by atomic mass is 79.9. The van der Waals surface area contributed by atoms with Gasteiger partial charge in [0.25, 0.3) is 0 Å². The molecule has 2 aromatic rings. The van der Waals surface area contributed by atoms with Crippen molar-refractivity contribution in [1.82, 2.24) is 4.98 Å². The molecule has 0 fully saturated rings. The summed E-state index contributed by atoms with van der Waals surface area (Å²) in [7, 11) is 1.66. The molecule has 16 heavy (non-hydrogen) atoms. The lowest BCUT2D eigenvalue weighted by Gasteiger charge is -2.08. The van der Waals surface area contributed by atoms with Gasteiger partial charge in [-0.15, -0.1) is 0 Å². The molecule has 84 valence electrons. The van der Waals surface area contributed by atoms with E-state index >= 15 is 0 Å². The van der Waals surface area contributed by atoms with Gasteiger partial charge in [-0.2, -0.15) is 0 Å². The molecule has 2 rings (SSSR count). The van der Waals surface area contributed by atoms with Gasteiger partial charge in [0.2, 0.25) is 0 Å². The van der Waals surface area contributed by atoms with Crippen LogP contribution in [0.5, 0.6) is 5.75 Å². The second-order valence-electron chi connectivity index (χ2n) is 3.42. The van der Waals surface area contributed by atoms with Crippen molar-refractivity contribution < 1.29 is 4.74 Å². The van der Waals surface area contributed by atoms with Crippen molar-refractivity contribution in [1.29, 1.82) is 0 Å². The monoisotopic (exact) mass is 280 g/mol. The Labute approximate surface area is 103 Å². The van der Waals surface area contributed by atoms with E-state index in [1.807, 2.05) is 36.7 Å². The summed E-state index contributed by atoms with van der Waals surface area (Å²) in [5, 5.41) is 3.33. The van der Waals surface area contributed by atoms with E-state index in [2.05, 4.69) is 26.2 Å². The normalized spacial score (nSPS) is 10.1. The number of hydrogen-bond acceptors (Lipinski definition) is 2. The highest BCUT2D eigenvalue weighted by Gasteiger charge is 2.01. The summed E-state index contributed by atoms with van der Waals surface area (Å²) in [6, 6.07) is 7.98. The number of methoxy groups -OCH3 is 1. The van der Waals surface area contributed by atoms with E-state index in [4.69, 9.17) is 4.74 Å². The van der Waals surface area contributed by atoms with Crippen LogP contribution in [-0.2, 0) is 6.54 Å². The molecule has 0 saturated heterocycles. The summed E-state index contributed by atoms with van der Waals surface area (Å²) < 4.78 is 6.12. The molecular weight excluding hydrogens is 268 g/mol. The maximum absolute atomic E-state index is 5.17. The van der Waals surface area contributed by atoms with Gasteiger partial charge in [0, 0.05) is 24.6 Å². The maximum Gasteiger partial charge on any atom is 0.133 e. The molecule has 1 aromatic carbocycles. The second kappa shape index (κ2) is 5.07. The Hall–Kier alpha value is -1.42. The summed E-state index contributed by atoms with van der Waals surface area (Å²) in [6.07, 6.45) is 3.90. The Morgan fingerprint density at radius 1 is 1.38 bits per heavy atom. The fourth-order valence-electron chi connectivity index (χ4n) is 1.45. The van der Waals surface area contributed by atoms with Crippen molar-refractivity contribution >= 4 is 21.6 Å². The molecule has 3 nitrogen and oxygen atoms in total. The third-order valence-corrected chi connectivity index (χ3v) is 2.93. The number of rotatable bonds is 4. The SMILES string of the molecule is COc1ccc(NCc2cc[nH]c2)cc1Br. The predicted molar refractivity (Wildman–Crippen MR) is 68.8 cm³/mol. The lowest BCUT2D eigenvalue weighted by atomic mass is 10.3. The predicted octanol–water partition coefficient (Wildman–Crippen LogP) is 3.40. The van der Waals surface area contributed by atoms with Crippen molar-refractivity contribution in [2.24, 2.45) is 0 Å². The second-order valence-corrected chi connectivity index (χ2v) is 4.28. The Balaban J connectivity index is 2.02. The molecule has 0 atom stereocenters. The van der Waals surface area contributed by atoms with Gasteiger partial charge >= 0.3 is 0 Å². The molecule has 0 spiro atoms. The van der Waals surface area contributed by atoms with Gasteiger partial charge < -0.3 is 15.0 Å². The number of H-pyrrole nitrogens is 1. The van der Waals surface area contributed by atoms with Crippen molar-refractivity contribution in [3.63, 3.8) is 0 Å². The van der Waals surface area contributed by atoms with Gasteiger partial charge in [-0.3, -0.25) is 0 Å². The fraction of sp³-hybridized carbons (Fsp3) is 0.167. The minimum atomic E-state index is 0.808. The van der Waals surface area contributed by atoms with Crippen LogP contribution in [0.2, 0.25) is 0 Å². The van der Waals surface area contributed by atoms with Gasteiger partial charge in [0.05, 0.1) is 11.6 Å². The first-order valence-electron chi connectivity index (χ1n) is 4.98. The number of aromatic amines is 1. The third-order valence-electron chi connectivity index (χ3n) is 2.31. The largest absolute Gasteiger partial charge is 0.496 e. The number of nitrogens with one attached hydrogen (secondary N) is 2. The molecule has 0 aliphatic heterocycles. The number of ether oxygens (including phenoxy) is 1. The number of hydrogen-bond donors (Lipinski definition) is 2. The molecular formula is C12H13BrN2O. The van der Waals surface area contributed by atoms with E-state index in [0.29, 0.717) is 0 Å². The van der Waals surface area contributed by atoms with E-state index in [1.165, 1.54) is 5.56 Å². The summed E-state index contributed by atoms with van der Waals surface area (Å²) in [4.78, 5) is 3.03. The van der Waals surface area contributed by atoms with Crippen molar-refractivity contribution in [3.05, 3.63) is 46.7 Å². The molecule has 0 saturated carbocycles. The highest BCUT2D eigenvalue weighted by Crippen LogP contribution is 2.27. The Morgan fingerprint density at radius 2 is 2.25 bits per heavy atom. The first-order valence-corrected chi connectivity index (χ1v) is 5.78. The van der Waals surface area contributed by atoms with Gasteiger partial charge in [-0.1, -0.05) is 0 Å². The van der Waals surface area contributed by atoms with Crippen LogP contribution in [0.4, 0.5) is 5.69 Å². The van der Waals surface area contributed by atoms with Crippen LogP contribution in [0.15, 0.2) is 41.1 Å². The molecule has 0 radical (unpaired) electrons. The van der Waals surface area contributed by atoms with Gasteiger partial charge in [-0.05, 0) is 45.8 Å². The molecule has 0 aliphatic rings. The molecule has 4 heteroatoms. The highest BCUT2D eigenvalue weighted by molar-refractivity contribution is 9.10. The minimum Gasteiger partial charge on any atom is -0.496 e. The molecule has 1 aromatic heterocycles. The maximum atomic E-state index is 5.17. The van der Waals surface area contributed by atoms with E-state index in [0.717, 1.165) is 22.5 Å². The van der Waals surface area contributed by atoms with Crippen LogP contribution in [0.3, 0.4) is 0 Å². The van der Waals surface area contributed by atoms with Crippen LogP contribution in [0.25, 0.3) is 0 Å². The summed E-state index contributed by atoms with van der Waals surface area (Å²) >= 11 is 3.45.